The van der Waals surface area contributed by atoms with E-state index in [0.717, 1.165) is 44.5 Å². The van der Waals surface area contributed by atoms with Crippen LogP contribution in [0.25, 0.3) is 0 Å². The summed E-state index contributed by atoms with van der Waals surface area (Å²) in [5, 5.41) is 9.11. The molecule has 0 atom stereocenters. The molecule has 4 nitrogen and oxygen atoms in total. The predicted molar refractivity (Wildman–Crippen MR) is 86.9 cm³/mol. The van der Waals surface area contributed by atoms with Gasteiger partial charge in [0.1, 0.15) is 5.75 Å². The van der Waals surface area contributed by atoms with Gasteiger partial charge in [0.2, 0.25) is 5.91 Å². The molecular weight excluding hydrogens is 278 g/mol. The van der Waals surface area contributed by atoms with E-state index < -0.39 is 0 Å². The van der Waals surface area contributed by atoms with E-state index in [-0.39, 0.29) is 12.5 Å². The second-order valence-electron chi connectivity index (χ2n) is 6.13. The van der Waals surface area contributed by atoms with Crippen molar-refractivity contribution in [3.05, 3.63) is 29.8 Å². The number of aliphatic hydroxyl groups is 1. The first-order chi connectivity index (χ1) is 10.7. The van der Waals surface area contributed by atoms with Crippen LogP contribution in [0.3, 0.4) is 0 Å². The van der Waals surface area contributed by atoms with E-state index in [1.807, 2.05) is 36.1 Å². The number of hydrogen-bond donors (Lipinski definition) is 1. The van der Waals surface area contributed by atoms with Crippen molar-refractivity contribution in [2.24, 2.45) is 5.92 Å². The molecule has 2 rings (SSSR count). The highest BCUT2D eigenvalue weighted by atomic mass is 16.5. The van der Waals surface area contributed by atoms with Crippen molar-refractivity contribution in [2.75, 3.05) is 26.3 Å². The lowest BCUT2D eigenvalue weighted by Crippen LogP contribution is -2.39. The summed E-state index contributed by atoms with van der Waals surface area (Å²) in [7, 11) is 0. The predicted octanol–water partition coefficient (Wildman–Crippen LogP) is 2.78. The lowest BCUT2D eigenvalue weighted by atomic mass is 9.97. The maximum Gasteiger partial charge on any atom is 0.222 e. The van der Waals surface area contributed by atoms with Crippen molar-refractivity contribution >= 4 is 5.91 Å². The molecule has 0 saturated carbocycles. The van der Waals surface area contributed by atoms with Crippen LogP contribution in [0, 0.1) is 12.8 Å². The highest BCUT2D eigenvalue weighted by molar-refractivity contribution is 5.76. The van der Waals surface area contributed by atoms with Crippen LogP contribution in [0.4, 0.5) is 0 Å². The number of unbranched alkanes of at least 4 members (excludes halogenated alkanes) is 1. The molecule has 1 amide bonds. The van der Waals surface area contributed by atoms with Gasteiger partial charge in [0, 0.05) is 26.1 Å². The van der Waals surface area contributed by atoms with E-state index in [1.54, 1.807) is 0 Å². The molecule has 22 heavy (non-hydrogen) atoms. The minimum absolute atomic E-state index is 0.243. The second kappa shape index (κ2) is 8.79. The monoisotopic (exact) mass is 305 g/mol. The summed E-state index contributed by atoms with van der Waals surface area (Å²) in [5.41, 5.74) is 1.19. The minimum Gasteiger partial charge on any atom is -0.494 e. The van der Waals surface area contributed by atoms with Gasteiger partial charge in [0.05, 0.1) is 6.61 Å². The van der Waals surface area contributed by atoms with Crippen LogP contribution in [-0.4, -0.2) is 42.2 Å². The van der Waals surface area contributed by atoms with Crippen LogP contribution in [0.2, 0.25) is 0 Å². The molecule has 0 aliphatic carbocycles. The van der Waals surface area contributed by atoms with Gasteiger partial charge in [-0.3, -0.25) is 4.79 Å². The number of aryl methyl sites for hydroxylation is 1. The number of piperidine rings is 1. The first-order valence-corrected chi connectivity index (χ1v) is 8.27. The third-order valence-electron chi connectivity index (χ3n) is 4.27. The number of likely N-dealkylation sites (tertiary alicyclic amines) is 1. The highest BCUT2D eigenvalue weighted by Gasteiger charge is 2.21. The number of ether oxygens (including phenoxy) is 1. The van der Waals surface area contributed by atoms with E-state index in [4.69, 9.17) is 9.84 Å². The number of benzene rings is 1. The van der Waals surface area contributed by atoms with Gasteiger partial charge in [-0.05, 0) is 56.2 Å². The number of carbonyl (C=O) groups is 1. The molecule has 1 aliphatic rings. The SMILES string of the molecule is Cc1cccc(OCCCCC(=O)N2CCC(CO)CC2)c1. The van der Waals surface area contributed by atoms with Crippen LogP contribution < -0.4 is 4.74 Å². The average molecular weight is 305 g/mol. The van der Waals surface area contributed by atoms with Gasteiger partial charge in [0.15, 0.2) is 0 Å². The average Bonchev–Trinajstić information content (AvgIpc) is 2.54. The van der Waals surface area contributed by atoms with Gasteiger partial charge in [-0.25, -0.2) is 0 Å². The third kappa shape index (κ3) is 5.34. The lowest BCUT2D eigenvalue weighted by Gasteiger charge is -2.31. The molecule has 0 radical (unpaired) electrons. The van der Waals surface area contributed by atoms with Crippen molar-refractivity contribution in [1.82, 2.24) is 4.90 Å². The topological polar surface area (TPSA) is 49.8 Å². The maximum absolute atomic E-state index is 12.1. The molecule has 0 unspecified atom stereocenters. The molecule has 1 heterocycles. The van der Waals surface area contributed by atoms with Gasteiger partial charge >= 0.3 is 0 Å². The Bertz CT molecular complexity index is 467. The first kappa shape index (κ1) is 16.8. The summed E-state index contributed by atoms with van der Waals surface area (Å²) in [4.78, 5) is 14.0. The molecule has 1 saturated heterocycles. The van der Waals surface area contributed by atoms with Gasteiger partial charge < -0.3 is 14.7 Å². The van der Waals surface area contributed by atoms with Gasteiger partial charge in [-0.2, -0.15) is 0 Å². The van der Waals surface area contributed by atoms with E-state index in [0.29, 0.717) is 18.9 Å². The van der Waals surface area contributed by atoms with Crippen molar-refractivity contribution in [1.29, 1.82) is 0 Å². The summed E-state index contributed by atoms with van der Waals surface area (Å²) in [6.07, 6.45) is 4.22. The molecule has 0 bridgehead atoms. The van der Waals surface area contributed by atoms with Crippen LogP contribution in [0.1, 0.15) is 37.7 Å². The van der Waals surface area contributed by atoms with Gasteiger partial charge in [-0.1, -0.05) is 12.1 Å². The maximum atomic E-state index is 12.1. The second-order valence-corrected chi connectivity index (χ2v) is 6.13. The molecule has 4 heteroatoms. The Morgan fingerprint density at radius 3 is 2.77 bits per heavy atom. The molecule has 1 aromatic carbocycles. The van der Waals surface area contributed by atoms with Crippen LogP contribution in [0.5, 0.6) is 5.75 Å². The van der Waals surface area contributed by atoms with Gasteiger partial charge in [0.25, 0.3) is 0 Å². The molecule has 0 aromatic heterocycles. The zero-order chi connectivity index (χ0) is 15.8. The van der Waals surface area contributed by atoms with E-state index in [2.05, 4.69) is 0 Å². The Hall–Kier alpha value is -1.55. The Morgan fingerprint density at radius 1 is 1.32 bits per heavy atom. The molecule has 1 aromatic rings. The van der Waals surface area contributed by atoms with Gasteiger partial charge in [-0.15, -0.1) is 0 Å². The minimum atomic E-state index is 0.243. The Morgan fingerprint density at radius 2 is 2.09 bits per heavy atom. The zero-order valence-electron chi connectivity index (χ0n) is 13.5. The summed E-state index contributed by atoms with van der Waals surface area (Å²) in [6.45, 7) is 4.54. The molecular formula is C18H27NO3. The number of amides is 1. The lowest BCUT2D eigenvalue weighted by molar-refractivity contribution is -0.132. The smallest absolute Gasteiger partial charge is 0.222 e. The Kier molecular flexibility index (Phi) is 6.72. The fourth-order valence-corrected chi connectivity index (χ4v) is 2.80. The van der Waals surface area contributed by atoms with Crippen molar-refractivity contribution in [3.8, 4) is 5.75 Å². The Balaban J connectivity index is 1.57. The highest BCUT2D eigenvalue weighted by Crippen LogP contribution is 2.18. The van der Waals surface area contributed by atoms with E-state index >= 15 is 0 Å². The van der Waals surface area contributed by atoms with E-state index in [1.165, 1.54) is 5.56 Å². The van der Waals surface area contributed by atoms with Crippen LogP contribution >= 0.6 is 0 Å². The molecule has 1 fully saturated rings. The summed E-state index contributed by atoms with van der Waals surface area (Å²) in [5.74, 6) is 1.52. The van der Waals surface area contributed by atoms with Crippen LogP contribution in [-0.2, 0) is 4.79 Å². The van der Waals surface area contributed by atoms with E-state index in [9.17, 15) is 4.79 Å². The summed E-state index contributed by atoms with van der Waals surface area (Å²) in [6, 6.07) is 8.02. The molecule has 0 spiro atoms. The normalized spacial score (nSPS) is 15.8. The largest absolute Gasteiger partial charge is 0.494 e. The fraction of sp³-hybridized carbons (Fsp3) is 0.611. The number of hydrogen-bond acceptors (Lipinski definition) is 3. The number of carbonyl (C=O) groups excluding carboxylic acids is 1. The third-order valence-corrected chi connectivity index (χ3v) is 4.27. The molecule has 1 aliphatic heterocycles. The standard InChI is InChI=1S/C18H27NO3/c1-15-5-4-6-17(13-15)22-12-3-2-7-18(21)19-10-8-16(14-20)9-11-19/h4-6,13,16,20H,2-3,7-12,14H2,1H3. The number of nitrogens with zero attached hydrogens (tertiary/aromatic N) is 1. The molecule has 1 N–H and O–H groups in total. The number of aliphatic hydroxyl groups excluding tert-OH is 1. The first-order valence-electron chi connectivity index (χ1n) is 8.27. The number of rotatable bonds is 7. The van der Waals surface area contributed by atoms with Crippen molar-refractivity contribution < 1.29 is 14.6 Å². The quantitative estimate of drug-likeness (QED) is 0.788. The van der Waals surface area contributed by atoms with Crippen molar-refractivity contribution in [2.45, 2.75) is 39.0 Å². The summed E-state index contributed by atoms with van der Waals surface area (Å²) >= 11 is 0. The fourth-order valence-electron chi connectivity index (χ4n) is 2.80. The Labute approximate surface area is 133 Å². The van der Waals surface area contributed by atoms with Crippen LogP contribution in [0.15, 0.2) is 24.3 Å². The zero-order valence-corrected chi connectivity index (χ0v) is 13.5. The summed E-state index contributed by atoms with van der Waals surface area (Å²) < 4.78 is 5.69. The molecule has 122 valence electrons. The van der Waals surface area contributed by atoms with Crippen molar-refractivity contribution in [3.63, 3.8) is 0 Å².